The van der Waals surface area contributed by atoms with Gasteiger partial charge in [-0.05, 0) is 12.5 Å². The molecule has 0 radical (unpaired) electrons. The number of hydrogen-bond acceptors (Lipinski definition) is 3. The molecule has 0 fully saturated rings. The second-order valence-corrected chi connectivity index (χ2v) is 3.82. The van der Waals surface area contributed by atoms with Crippen LogP contribution in [0, 0.1) is 19.3 Å². The van der Waals surface area contributed by atoms with Crippen LogP contribution in [-0.2, 0) is 14.3 Å². The van der Waals surface area contributed by atoms with Crippen molar-refractivity contribution in [1.82, 2.24) is 0 Å². The zero-order valence-electron chi connectivity index (χ0n) is 10.6. The van der Waals surface area contributed by atoms with E-state index in [9.17, 15) is 4.79 Å². The van der Waals surface area contributed by atoms with Crippen LogP contribution in [0.3, 0.4) is 0 Å². The van der Waals surface area contributed by atoms with Crippen LogP contribution >= 0.6 is 0 Å². The Balaban J connectivity index is 2.98. The van der Waals surface area contributed by atoms with E-state index in [-0.39, 0.29) is 12.2 Å². The SMILES string of the molecule is C#CCOC(C(=C)C(=O)OC)c1ccc(C)cc1. The molecule has 18 heavy (non-hydrogen) atoms. The lowest BCUT2D eigenvalue weighted by Gasteiger charge is -2.18. The maximum Gasteiger partial charge on any atom is 0.336 e. The fraction of sp³-hybridized carbons (Fsp3) is 0.267. The molecule has 1 unspecified atom stereocenters. The first-order valence-electron chi connectivity index (χ1n) is 5.49. The summed E-state index contributed by atoms with van der Waals surface area (Å²) in [5.41, 5.74) is 2.18. The van der Waals surface area contributed by atoms with E-state index in [1.165, 1.54) is 7.11 Å². The van der Waals surface area contributed by atoms with Crippen molar-refractivity contribution in [1.29, 1.82) is 0 Å². The summed E-state index contributed by atoms with van der Waals surface area (Å²) >= 11 is 0. The molecule has 1 rings (SSSR count). The summed E-state index contributed by atoms with van der Waals surface area (Å²) in [6.45, 7) is 5.80. The maximum atomic E-state index is 11.5. The Hall–Kier alpha value is -2.05. The van der Waals surface area contributed by atoms with Crippen LogP contribution in [0.4, 0.5) is 0 Å². The standard InChI is InChI=1S/C15H16O3/c1-5-10-18-14(12(3)15(16)17-4)13-8-6-11(2)7-9-13/h1,6-9,14H,3,10H2,2,4H3. The molecule has 0 saturated carbocycles. The van der Waals surface area contributed by atoms with Gasteiger partial charge in [-0.1, -0.05) is 42.3 Å². The minimum Gasteiger partial charge on any atom is -0.466 e. The first kappa shape index (κ1) is 14.0. The number of hydrogen-bond donors (Lipinski definition) is 0. The van der Waals surface area contributed by atoms with E-state index in [2.05, 4.69) is 17.2 Å². The number of terminal acetylenes is 1. The van der Waals surface area contributed by atoms with Crippen molar-refractivity contribution in [3.63, 3.8) is 0 Å². The summed E-state index contributed by atoms with van der Waals surface area (Å²) in [6.07, 6.45) is 4.59. The van der Waals surface area contributed by atoms with Crippen LogP contribution in [0.2, 0.25) is 0 Å². The molecule has 3 heteroatoms. The predicted molar refractivity (Wildman–Crippen MR) is 69.9 cm³/mol. The molecular formula is C15H16O3. The van der Waals surface area contributed by atoms with Crippen LogP contribution in [0.1, 0.15) is 17.2 Å². The monoisotopic (exact) mass is 244 g/mol. The van der Waals surface area contributed by atoms with Gasteiger partial charge in [-0.25, -0.2) is 4.79 Å². The van der Waals surface area contributed by atoms with E-state index in [0.717, 1.165) is 11.1 Å². The van der Waals surface area contributed by atoms with Crippen LogP contribution in [-0.4, -0.2) is 19.7 Å². The molecule has 0 aliphatic heterocycles. The number of esters is 1. The van der Waals surface area contributed by atoms with Crippen molar-refractivity contribution >= 4 is 5.97 Å². The van der Waals surface area contributed by atoms with Crippen LogP contribution in [0.25, 0.3) is 0 Å². The topological polar surface area (TPSA) is 35.5 Å². The van der Waals surface area contributed by atoms with E-state index in [1.54, 1.807) is 0 Å². The lowest BCUT2D eigenvalue weighted by atomic mass is 10.0. The maximum absolute atomic E-state index is 11.5. The number of benzene rings is 1. The zero-order chi connectivity index (χ0) is 13.5. The van der Waals surface area contributed by atoms with Crippen molar-refractivity contribution in [3.05, 3.63) is 47.5 Å². The van der Waals surface area contributed by atoms with Gasteiger partial charge in [0.25, 0.3) is 0 Å². The molecule has 3 nitrogen and oxygen atoms in total. The third kappa shape index (κ3) is 3.47. The average Bonchev–Trinajstić information content (AvgIpc) is 2.39. The molecule has 94 valence electrons. The fourth-order valence-electron chi connectivity index (χ4n) is 1.51. The largest absolute Gasteiger partial charge is 0.466 e. The molecule has 0 aliphatic carbocycles. The molecule has 0 spiro atoms. The summed E-state index contributed by atoms with van der Waals surface area (Å²) in [7, 11) is 1.31. The van der Waals surface area contributed by atoms with Crippen molar-refractivity contribution in [2.24, 2.45) is 0 Å². The summed E-state index contributed by atoms with van der Waals surface area (Å²) in [5, 5.41) is 0. The predicted octanol–water partition coefficient (Wildman–Crippen LogP) is 2.42. The van der Waals surface area contributed by atoms with Gasteiger partial charge in [-0.2, -0.15) is 0 Å². The Kier molecular flexibility index (Phi) is 5.16. The molecule has 0 saturated heterocycles. The van der Waals surface area contributed by atoms with Crippen molar-refractivity contribution in [3.8, 4) is 12.3 Å². The lowest BCUT2D eigenvalue weighted by Crippen LogP contribution is -2.15. The van der Waals surface area contributed by atoms with Crippen molar-refractivity contribution in [2.75, 3.05) is 13.7 Å². The first-order chi connectivity index (χ1) is 8.60. The average molecular weight is 244 g/mol. The number of carbonyl (C=O) groups excluding carboxylic acids is 1. The number of rotatable bonds is 5. The van der Waals surface area contributed by atoms with E-state index in [4.69, 9.17) is 11.2 Å². The lowest BCUT2D eigenvalue weighted by molar-refractivity contribution is -0.137. The van der Waals surface area contributed by atoms with Gasteiger partial charge in [0.05, 0.1) is 12.7 Å². The third-order valence-corrected chi connectivity index (χ3v) is 2.48. The van der Waals surface area contributed by atoms with E-state index < -0.39 is 12.1 Å². The molecule has 0 bridgehead atoms. The van der Waals surface area contributed by atoms with E-state index in [1.807, 2.05) is 31.2 Å². The molecular weight excluding hydrogens is 228 g/mol. The number of carbonyl (C=O) groups is 1. The quantitative estimate of drug-likeness (QED) is 0.453. The molecule has 0 aromatic heterocycles. The van der Waals surface area contributed by atoms with Gasteiger partial charge < -0.3 is 9.47 Å². The van der Waals surface area contributed by atoms with Gasteiger partial charge in [0.15, 0.2) is 0 Å². The summed E-state index contributed by atoms with van der Waals surface area (Å²) in [4.78, 5) is 11.5. The molecule has 1 atom stereocenters. The van der Waals surface area contributed by atoms with Crippen LogP contribution < -0.4 is 0 Å². The highest BCUT2D eigenvalue weighted by Crippen LogP contribution is 2.25. The first-order valence-corrected chi connectivity index (χ1v) is 5.49. The van der Waals surface area contributed by atoms with Gasteiger partial charge in [0.2, 0.25) is 0 Å². The van der Waals surface area contributed by atoms with Gasteiger partial charge in [0, 0.05) is 0 Å². The summed E-state index contributed by atoms with van der Waals surface area (Å²) in [6, 6.07) is 7.63. The number of ether oxygens (including phenoxy) is 2. The minimum atomic E-state index is -0.575. The number of methoxy groups -OCH3 is 1. The third-order valence-electron chi connectivity index (χ3n) is 2.48. The van der Waals surface area contributed by atoms with Gasteiger partial charge in [-0.15, -0.1) is 6.42 Å². The Morgan fingerprint density at radius 3 is 2.56 bits per heavy atom. The van der Waals surface area contributed by atoms with E-state index >= 15 is 0 Å². The smallest absolute Gasteiger partial charge is 0.336 e. The highest BCUT2D eigenvalue weighted by Gasteiger charge is 2.21. The van der Waals surface area contributed by atoms with Gasteiger partial charge in [0.1, 0.15) is 12.7 Å². The molecule has 0 heterocycles. The molecule has 0 amide bonds. The highest BCUT2D eigenvalue weighted by atomic mass is 16.5. The Bertz CT molecular complexity index is 466. The summed E-state index contributed by atoms with van der Waals surface area (Å²) in [5.74, 6) is 1.87. The van der Waals surface area contributed by atoms with Crippen LogP contribution in [0.5, 0.6) is 0 Å². The second kappa shape index (κ2) is 6.63. The zero-order valence-corrected chi connectivity index (χ0v) is 10.6. The van der Waals surface area contributed by atoms with E-state index in [0.29, 0.717) is 0 Å². The van der Waals surface area contributed by atoms with Crippen molar-refractivity contribution < 1.29 is 14.3 Å². The van der Waals surface area contributed by atoms with Gasteiger partial charge in [-0.3, -0.25) is 0 Å². The highest BCUT2D eigenvalue weighted by molar-refractivity contribution is 5.89. The van der Waals surface area contributed by atoms with Crippen LogP contribution in [0.15, 0.2) is 36.4 Å². The second-order valence-electron chi connectivity index (χ2n) is 3.82. The van der Waals surface area contributed by atoms with Gasteiger partial charge >= 0.3 is 5.97 Å². The number of aryl methyl sites for hydroxylation is 1. The fourth-order valence-corrected chi connectivity index (χ4v) is 1.51. The minimum absolute atomic E-state index is 0.106. The summed E-state index contributed by atoms with van der Waals surface area (Å²) < 4.78 is 10.1. The Morgan fingerprint density at radius 2 is 2.06 bits per heavy atom. The van der Waals surface area contributed by atoms with Crippen molar-refractivity contribution in [2.45, 2.75) is 13.0 Å². The molecule has 1 aromatic carbocycles. The normalized spacial score (nSPS) is 11.4. The Morgan fingerprint density at radius 1 is 1.44 bits per heavy atom. The molecule has 0 N–H and O–H groups in total. The molecule has 1 aromatic rings. The Labute approximate surface area is 107 Å². The molecule has 0 aliphatic rings.